The van der Waals surface area contributed by atoms with Crippen molar-refractivity contribution in [3.8, 4) is 0 Å². The van der Waals surface area contributed by atoms with Gasteiger partial charge in [0.1, 0.15) is 5.82 Å². The Kier molecular flexibility index (Phi) is 5.98. The summed E-state index contributed by atoms with van der Waals surface area (Å²) in [5.74, 6) is -1.48. The van der Waals surface area contributed by atoms with Crippen molar-refractivity contribution < 1.29 is 30.8 Å². The summed E-state index contributed by atoms with van der Waals surface area (Å²) in [6, 6.07) is 11.8. The third kappa shape index (κ3) is 4.55. The van der Waals surface area contributed by atoms with Crippen molar-refractivity contribution in [3.63, 3.8) is 0 Å². The van der Waals surface area contributed by atoms with E-state index in [2.05, 4.69) is 9.71 Å². The van der Waals surface area contributed by atoms with E-state index in [-0.39, 0.29) is 34.6 Å². The van der Waals surface area contributed by atoms with E-state index in [9.17, 15) is 30.8 Å². The van der Waals surface area contributed by atoms with E-state index < -0.39 is 27.7 Å². The number of benzene rings is 2. The minimum atomic E-state index is -4.55. The molecule has 0 bridgehead atoms. The van der Waals surface area contributed by atoms with Gasteiger partial charge in [0.25, 0.3) is 10.0 Å². The Bertz CT molecular complexity index is 1460. The minimum absolute atomic E-state index is 0.0321. The van der Waals surface area contributed by atoms with Gasteiger partial charge in [-0.2, -0.15) is 17.6 Å². The molecule has 1 atom stereocenters. The number of hydrogen-bond acceptors (Lipinski definition) is 4. The van der Waals surface area contributed by atoms with Gasteiger partial charge in [-0.25, -0.2) is 13.4 Å². The maximum Gasteiger partial charge on any atom is 0.416 e. The highest BCUT2D eigenvalue weighted by Gasteiger charge is 2.36. The third-order valence-electron chi connectivity index (χ3n) is 6.55. The van der Waals surface area contributed by atoms with Crippen LogP contribution in [0.1, 0.15) is 47.4 Å². The van der Waals surface area contributed by atoms with Crippen LogP contribution in [-0.4, -0.2) is 25.9 Å². The highest BCUT2D eigenvalue weighted by atomic mass is 32.2. The molecule has 36 heavy (non-hydrogen) atoms. The maximum absolute atomic E-state index is 13.4. The van der Waals surface area contributed by atoms with Crippen LogP contribution in [0.4, 0.5) is 29.1 Å². The number of alkyl halides is 3. The molecule has 11 heteroatoms. The van der Waals surface area contributed by atoms with Gasteiger partial charge >= 0.3 is 6.18 Å². The fraction of sp³-hybridized carbons (Fsp3) is 0.280. The lowest BCUT2D eigenvalue weighted by Crippen LogP contribution is -2.26. The van der Waals surface area contributed by atoms with E-state index in [0.29, 0.717) is 31.4 Å². The van der Waals surface area contributed by atoms with E-state index >= 15 is 0 Å². The Balaban J connectivity index is 1.50. The summed E-state index contributed by atoms with van der Waals surface area (Å²) in [6.07, 6.45) is -2.62. The van der Waals surface area contributed by atoms with Gasteiger partial charge in [0.15, 0.2) is 0 Å². The first-order chi connectivity index (χ1) is 17.0. The quantitative estimate of drug-likeness (QED) is 0.369. The van der Waals surface area contributed by atoms with Crippen LogP contribution in [0.15, 0.2) is 59.5 Å². The fourth-order valence-corrected chi connectivity index (χ4v) is 5.95. The second-order valence-corrected chi connectivity index (χ2v) is 10.5. The first-order valence-corrected chi connectivity index (χ1v) is 12.8. The molecule has 6 nitrogen and oxygen atoms in total. The second-order valence-electron chi connectivity index (χ2n) is 8.82. The highest BCUT2D eigenvalue weighted by Crippen LogP contribution is 2.45. The molecule has 3 aromatic rings. The van der Waals surface area contributed by atoms with Gasteiger partial charge in [0.2, 0.25) is 11.9 Å². The van der Waals surface area contributed by atoms with E-state index in [4.69, 9.17) is 0 Å². The molecule has 0 radical (unpaired) electrons. The largest absolute Gasteiger partial charge is 0.416 e. The zero-order valence-corrected chi connectivity index (χ0v) is 19.7. The summed E-state index contributed by atoms with van der Waals surface area (Å²) >= 11 is 0. The number of carbonyl (C=O) groups is 1. The molecule has 1 N–H and O–H groups in total. The van der Waals surface area contributed by atoms with Gasteiger partial charge < -0.3 is 4.90 Å². The van der Waals surface area contributed by atoms with Crippen LogP contribution < -0.4 is 9.62 Å². The zero-order chi connectivity index (χ0) is 25.7. The van der Waals surface area contributed by atoms with E-state index in [1.165, 1.54) is 35.2 Å². The van der Waals surface area contributed by atoms with Crippen molar-refractivity contribution in [2.45, 2.75) is 42.7 Å². The van der Waals surface area contributed by atoms with Gasteiger partial charge in [-0.3, -0.25) is 9.52 Å². The molecular weight excluding hydrogens is 498 g/mol. The summed E-state index contributed by atoms with van der Waals surface area (Å²) < 4.78 is 81.6. The summed E-state index contributed by atoms with van der Waals surface area (Å²) in [6.45, 7) is 0.351. The Hall–Kier alpha value is -3.47. The zero-order valence-electron chi connectivity index (χ0n) is 18.8. The number of aryl methyl sites for hydroxylation is 1. The van der Waals surface area contributed by atoms with Crippen molar-refractivity contribution in [2.75, 3.05) is 16.2 Å². The minimum Gasteiger partial charge on any atom is -0.312 e. The predicted molar refractivity (Wildman–Crippen MR) is 125 cm³/mol. The average molecular weight is 520 g/mol. The van der Waals surface area contributed by atoms with Gasteiger partial charge in [-0.05, 0) is 72.4 Å². The number of pyridine rings is 1. The van der Waals surface area contributed by atoms with Crippen LogP contribution in [0.25, 0.3) is 0 Å². The van der Waals surface area contributed by atoms with Crippen molar-refractivity contribution in [3.05, 3.63) is 82.8 Å². The lowest BCUT2D eigenvalue weighted by Gasteiger charge is -2.25. The van der Waals surface area contributed by atoms with Gasteiger partial charge in [-0.1, -0.05) is 18.2 Å². The molecule has 1 amide bonds. The summed E-state index contributed by atoms with van der Waals surface area (Å²) in [5.41, 5.74) is 1.58. The van der Waals surface area contributed by atoms with Crippen LogP contribution >= 0.6 is 0 Å². The van der Waals surface area contributed by atoms with Crippen molar-refractivity contribution >= 4 is 27.4 Å². The number of halogens is 4. The van der Waals surface area contributed by atoms with Crippen molar-refractivity contribution in [1.82, 2.24) is 4.98 Å². The lowest BCUT2D eigenvalue weighted by atomic mass is 9.90. The smallest absolute Gasteiger partial charge is 0.312 e. The molecule has 0 spiro atoms. The van der Waals surface area contributed by atoms with E-state index in [0.717, 1.165) is 29.3 Å². The van der Waals surface area contributed by atoms with E-state index in [1.807, 2.05) is 0 Å². The summed E-state index contributed by atoms with van der Waals surface area (Å²) in [4.78, 5) is 17.3. The number of hydrogen-bond donors (Lipinski definition) is 1. The van der Waals surface area contributed by atoms with Crippen molar-refractivity contribution in [2.24, 2.45) is 0 Å². The van der Waals surface area contributed by atoms with E-state index in [1.54, 1.807) is 6.07 Å². The molecular formula is C25H21F4N3O3S. The normalized spacial score (nSPS) is 17.9. The van der Waals surface area contributed by atoms with Crippen LogP contribution in [0.3, 0.4) is 0 Å². The number of amides is 1. The van der Waals surface area contributed by atoms with Gasteiger partial charge in [-0.15, -0.1) is 0 Å². The van der Waals surface area contributed by atoms with Gasteiger partial charge in [0.05, 0.1) is 10.5 Å². The second kappa shape index (κ2) is 8.88. The predicted octanol–water partition coefficient (Wildman–Crippen LogP) is 5.25. The molecule has 2 aliphatic rings. The number of nitrogens with one attached hydrogen (secondary N) is 1. The number of rotatable bonds is 5. The maximum atomic E-state index is 13.4. The number of sulfonamides is 1. The highest BCUT2D eigenvalue weighted by molar-refractivity contribution is 7.92. The average Bonchev–Trinajstić information content (AvgIpc) is 3.43. The Morgan fingerprint density at radius 1 is 1.00 bits per heavy atom. The molecule has 1 saturated heterocycles. The number of fused-ring (bicyclic) bond motifs is 1. The topological polar surface area (TPSA) is 79.4 Å². The molecule has 1 fully saturated rings. The number of anilines is 2. The number of aromatic nitrogens is 1. The van der Waals surface area contributed by atoms with Gasteiger partial charge in [0, 0.05) is 24.6 Å². The molecule has 0 saturated carbocycles. The third-order valence-corrected chi connectivity index (χ3v) is 7.91. The molecule has 2 aromatic carbocycles. The number of nitrogens with zero attached hydrogens (tertiary/aromatic N) is 2. The summed E-state index contributed by atoms with van der Waals surface area (Å²) in [7, 11) is -4.04. The molecule has 0 unspecified atom stereocenters. The monoisotopic (exact) mass is 519 g/mol. The molecule has 1 aromatic heterocycles. The Morgan fingerprint density at radius 3 is 2.47 bits per heavy atom. The molecule has 5 rings (SSSR count). The van der Waals surface area contributed by atoms with Crippen LogP contribution in [0, 0.1) is 5.95 Å². The van der Waals surface area contributed by atoms with Crippen LogP contribution in [0.5, 0.6) is 0 Å². The molecule has 1 aliphatic heterocycles. The first-order valence-electron chi connectivity index (χ1n) is 11.3. The SMILES string of the molecule is O=C1CCCN1c1cc(C(F)(F)F)ccc1[C@H]1CCc2cc(S(=O)(=O)Nc3cccc(F)n3)ccc21. The fourth-order valence-electron chi connectivity index (χ4n) is 4.90. The van der Waals surface area contributed by atoms with Crippen LogP contribution in [-0.2, 0) is 27.4 Å². The molecule has 1 aliphatic carbocycles. The Morgan fingerprint density at radius 2 is 1.78 bits per heavy atom. The number of carbonyl (C=O) groups excluding carboxylic acids is 1. The standard InChI is InChI=1S/C25H21F4N3O3S/c26-22-3-1-4-23(30-22)31-36(34,35)17-8-11-18-15(13-17)6-9-19(18)20-10-7-16(25(27,28)29)14-21(20)32-12-2-5-24(32)33/h1,3-4,7-8,10-11,13-14,19H,2,5-6,9,12H2,(H,30,31)/t19-/m0/s1. The molecule has 188 valence electrons. The van der Waals surface area contributed by atoms with Crippen molar-refractivity contribution in [1.29, 1.82) is 0 Å². The van der Waals surface area contributed by atoms with Crippen LogP contribution in [0.2, 0.25) is 0 Å². The summed E-state index contributed by atoms with van der Waals surface area (Å²) in [5, 5.41) is 0. The molecule has 2 heterocycles. The lowest BCUT2D eigenvalue weighted by molar-refractivity contribution is -0.137. The first kappa shape index (κ1) is 24.2. The Labute approximate surface area is 205 Å².